The summed E-state index contributed by atoms with van der Waals surface area (Å²) in [5.41, 5.74) is -0.861. The maximum absolute atomic E-state index is 12.4. The van der Waals surface area contributed by atoms with Crippen LogP contribution in [0.1, 0.15) is 64.2 Å². The molecule has 0 radical (unpaired) electrons. The third kappa shape index (κ3) is 7.05. The molecule has 0 aromatic heterocycles. The second-order valence-corrected chi connectivity index (χ2v) is 5.31. The van der Waals surface area contributed by atoms with Crippen molar-refractivity contribution in [3.63, 3.8) is 0 Å². The lowest BCUT2D eigenvalue weighted by Gasteiger charge is -2.37. The standard InChI is InChI=1S/C13H22N2O3.C2H6.2CH4/c1-5-14-6-7-15(9-11(14)17)12(18)13(3,4)8-10(2)16;1-2;;/h5-9H2,1-4H3;1-2H3;2*1H4/i9D;;;. The normalized spacial score (nSPS) is 18.2. The molecule has 1 rings (SSSR count). The van der Waals surface area contributed by atoms with Crippen LogP contribution < -0.4 is 0 Å². The van der Waals surface area contributed by atoms with Crippen LogP contribution in [-0.4, -0.2) is 53.6 Å². The Kier molecular flexibility index (Phi) is 11.7. The third-order valence-corrected chi connectivity index (χ3v) is 3.10. The Morgan fingerprint density at radius 2 is 1.73 bits per heavy atom. The minimum Gasteiger partial charge on any atom is -0.340 e. The fourth-order valence-electron chi connectivity index (χ4n) is 2.18. The van der Waals surface area contributed by atoms with Crippen LogP contribution in [0.3, 0.4) is 0 Å². The number of carbonyl (C=O) groups excluding carboxylic acids is 3. The molecule has 0 aromatic carbocycles. The first kappa shape index (κ1) is 22.9. The lowest BCUT2D eigenvalue weighted by atomic mass is 9.85. The Morgan fingerprint density at radius 1 is 1.23 bits per heavy atom. The van der Waals surface area contributed by atoms with Crippen molar-refractivity contribution in [2.45, 2.75) is 62.8 Å². The highest BCUT2D eigenvalue weighted by Gasteiger charge is 2.36. The average molecular weight is 317 g/mol. The average Bonchev–Trinajstić information content (AvgIpc) is 2.42. The van der Waals surface area contributed by atoms with E-state index in [1.54, 1.807) is 18.7 Å². The number of hydrogen-bond donors (Lipinski definition) is 0. The molecular weight excluding hydrogens is 280 g/mol. The van der Waals surface area contributed by atoms with Gasteiger partial charge in [0.15, 0.2) is 0 Å². The van der Waals surface area contributed by atoms with Crippen molar-refractivity contribution in [3.05, 3.63) is 0 Å². The minimum atomic E-state index is -1.19. The lowest BCUT2D eigenvalue weighted by Crippen LogP contribution is -2.54. The molecule has 1 heterocycles. The first-order chi connectivity index (χ1) is 9.70. The number of amides is 2. The molecule has 0 bridgehead atoms. The van der Waals surface area contributed by atoms with E-state index < -0.39 is 11.9 Å². The fraction of sp³-hybridized carbons (Fsp3) is 0.824. The van der Waals surface area contributed by atoms with Gasteiger partial charge in [-0.3, -0.25) is 14.4 Å². The molecule has 0 aromatic rings. The van der Waals surface area contributed by atoms with Crippen LogP contribution in [0.2, 0.25) is 0 Å². The van der Waals surface area contributed by atoms with Gasteiger partial charge in [0.25, 0.3) is 0 Å². The van der Waals surface area contributed by atoms with E-state index in [9.17, 15) is 14.4 Å². The number of ketones is 1. The van der Waals surface area contributed by atoms with Gasteiger partial charge in [0.1, 0.15) is 5.78 Å². The maximum Gasteiger partial charge on any atom is 0.242 e. The van der Waals surface area contributed by atoms with E-state index in [4.69, 9.17) is 1.37 Å². The highest BCUT2D eigenvalue weighted by atomic mass is 16.2. The van der Waals surface area contributed by atoms with E-state index in [1.165, 1.54) is 11.8 Å². The van der Waals surface area contributed by atoms with Gasteiger partial charge in [-0.1, -0.05) is 42.5 Å². The largest absolute Gasteiger partial charge is 0.340 e. The Morgan fingerprint density at radius 3 is 2.14 bits per heavy atom. The van der Waals surface area contributed by atoms with Crippen LogP contribution in [0.15, 0.2) is 0 Å². The van der Waals surface area contributed by atoms with Gasteiger partial charge >= 0.3 is 0 Å². The Labute approximate surface area is 138 Å². The molecule has 5 heteroatoms. The number of nitrogens with zero attached hydrogens (tertiary/aromatic N) is 2. The molecule has 22 heavy (non-hydrogen) atoms. The molecule has 1 saturated heterocycles. The Hall–Kier alpha value is -1.39. The van der Waals surface area contributed by atoms with Gasteiger partial charge in [-0.05, 0) is 13.8 Å². The van der Waals surface area contributed by atoms with Crippen LogP contribution in [-0.2, 0) is 14.4 Å². The predicted molar refractivity (Wildman–Crippen MR) is 92.7 cm³/mol. The molecular formula is C17H36N2O3. The summed E-state index contributed by atoms with van der Waals surface area (Å²) in [6.45, 7) is 10.8. The van der Waals surface area contributed by atoms with Crippen molar-refractivity contribution in [1.82, 2.24) is 9.80 Å². The molecule has 0 N–H and O–H groups in total. The van der Waals surface area contributed by atoms with Crippen molar-refractivity contribution >= 4 is 17.6 Å². The van der Waals surface area contributed by atoms with Crippen LogP contribution in [0.4, 0.5) is 0 Å². The molecule has 5 nitrogen and oxygen atoms in total. The molecule has 132 valence electrons. The summed E-state index contributed by atoms with van der Waals surface area (Å²) < 4.78 is 7.89. The summed E-state index contributed by atoms with van der Waals surface area (Å²) in [6, 6.07) is 0. The molecule has 0 spiro atoms. The van der Waals surface area contributed by atoms with Gasteiger partial charge in [-0.15, -0.1) is 0 Å². The first-order valence-electron chi connectivity index (χ1n) is 7.80. The van der Waals surface area contributed by atoms with E-state index >= 15 is 0 Å². The molecule has 1 aliphatic rings. The van der Waals surface area contributed by atoms with Crippen molar-refractivity contribution < 1.29 is 15.8 Å². The highest BCUT2D eigenvalue weighted by Crippen LogP contribution is 2.24. The van der Waals surface area contributed by atoms with E-state index in [-0.39, 0.29) is 38.9 Å². The number of rotatable bonds is 4. The number of likely N-dealkylation sites (N-methyl/N-ethyl adjacent to an activating group) is 1. The van der Waals surface area contributed by atoms with Gasteiger partial charge in [0, 0.05) is 26.1 Å². The minimum absolute atomic E-state index is 0. The van der Waals surface area contributed by atoms with Crippen LogP contribution in [0.25, 0.3) is 0 Å². The Bertz CT molecular complexity index is 397. The summed E-state index contributed by atoms with van der Waals surface area (Å²) in [5.74, 6) is -0.717. The van der Waals surface area contributed by atoms with Gasteiger partial charge in [-0.25, -0.2) is 0 Å². The number of carbonyl (C=O) groups is 3. The molecule has 1 fully saturated rings. The lowest BCUT2D eigenvalue weighted by molar-refractivity contribution is -0.151. The van der Waals surface area contributed by atoms with Gasteiger partial charge < -0.3 is 9.80 Å². The zero-order valence-corrected chi connectivity index (χ0v) is 13.5. The summed E-state index contributed by atoms with van der Waals surface area (Å²) in [4.78, 5) is 38.3. The highest BCUT2D eigenvalue weighted by molar-refractivity contribution is 5.91. The van der Waals surface area contributed by atoms with Crippen LogP contribution >= 0.6 is 0 Å². The molecule has 0 saturated carbocycles. The third-order valence-electron chi connectivity index (χ3n) is 3.10. The summed E-state index contributed by atoms with van der Waals surface area (Å²) in [5, 5.41) is 0. The van der Waals surface area contributed by atoms with E-state index in [1.807, 2.05) is 20.8 Å². The van der Waals surface area contributed by atoms with Crippen molar-refractivity contribution in [1.29, 1.82) is 0 Å². The van der Waals surface area contributed by atoms with E-state index in [2.05, 4.69) is 0 Å². The van der Waals surface area contributed by atoms with Gasteiger partial charge in [0.2, 0.25) is 11.8 Å². The number of piperazine rings is 1. The summed E-state index contributed by atoms with van der Waals surface area (Å²) >= 11 is 0. The first-order valence-corrected chi connectivity index (χ1v) is 7.22. The van der Waals surface area contributed by atoms with Gasteiger partial charge in [0.05, 0.1) is 13.3 Å². The fourth-order valence-corrected chi connectivity index (χ4v) is 2.18. The summed E-state index contributed by atoms with van der Waals surface area (Å²) in [6.07, 6.45) is 0.126. The Balaban J connectivity index is -0.000000960. The van der Waals surface area contributed by atoms with E-state index in [0.717, 1.165) is 0 Å². The predicted octanol–water partition coefficient (Wildman–Crippen LogP) is 2.98. The maximum atomic E-state index is 12.4. The molecule has 2 amide bonds. The van der Waals surface area contributed by atoms with Crippen LogP contribution in [0, 0.1) is 5.41 Å². The molecule has 1 atom stereocenters. The smallest absolute Gasteiger partial charge is 0.242 e. The SMILES string of the molecule is C.C.CC.[2H]C1C(=O)N(CC)CCN1C(=O)C(C)(C)CC(C)=O. The van der Waals surface area contributed by atoms with Gasteiger partial charge in [-0.2, -0.15) is 0 Å². The number of hydrogen-bond acceptors (Lipinski definition) is 3. The molecule has 1 aliphatic heterocycles. The quantitative estimate of drug-likeness (QED) is 0.801. The molecule has 1 unspecified atom stereocenters. The topological polar surface area (TPSA) is 57.7 Å². The second kappa shape index (κ2) is 11.2. The van der Waals surface area contributed by atoms with Crippen molar-refractivity contribution in [2.24, 2.45) is 5.41 Å². The van der Waals surface area contributed by atoms with Crippen molar-refractivity contribution in [3.8, 4) is 0 Å². The zero-order chi connectivity index (χ0) is 16.8. The zero-order valence-electron chi connectivity index (χ0n) is 14.5. The van der Waals surface area contributed by atoms with Crippen LogP contribution in [0.5, 0.6) is 0 Å². The second-order valence-electron chi connectivity index (χ2n) is 5.31. The number of Topliss-reactive ketones (excluding diaryl/α,β-unsaturated/α-hetero) is 1. The van der Waals surface area contributed by atoms with Crippen molar-refractivity contribution in [2.75, 3.05) is 26.2 Å². The summed E-state index contributed by atoms with van der Waals surface area (Å²) in [7, 11) is 0. The molecule has 0 aliphatic carbocycles. The van der Waals surface area contributed by atoms with E-state index in [0.29, 0.717) is 19.6 Å². The monoisotopic (exact) mass is 317 g/mol.